The molecule has 30 heavy (non-hydrogen) atoms. The van der Waals surface area contributed by atoms with Gasteiger partial charge >= 0.3 is 0 Å². The van der Waals surface area contributed by atoms with Crippen molar-refractivity contribution in [3.05, 3.63) is 64.1 Å². The van der Waals surface area contributed by atoms with E-state index < -0.39 is 0 Å². The number of anilines is 1. The van der Waals surface area contributed by atoms with Crippen LogP contribution >= 0.6 is 40.6 Å². The van der Waals surface area contributed by atoms with Crippen molar-refractivity contribution in [1.29, 1.82) is 0 Å². The maximum absolute atomic E-state index is 12.2. The molecule has 2 aromatic carbocycles. The highest BCUT2D eigenvalue weighted by Gasteiger charge is 2.09. The number of ketones is 1. The maximum Gasteiger partial charge on any atom is 0.257 e. The molecule has 0 aliphatic heterocycles. The minimum absolute atomic E-state index is 0. The molecule has 0 aliphatic carbocycles. The molecule has 0 unspecified atom stereocenters. The van der Waals surface area contributed by atoms with E-state index in [9.17, 15) is 9.59 Å². The third-order valence-electron chi connectivity index (χ3n) is 4.24. The number of carbonyl (C=O) groups is 2. The zero-order chi connectivity index (χ0) is 21.2. The highest BCUT2D eigenvalue weighted by molar-refractivity contribution is 9.10. The first kappa shape index (κ1) is 26.2. The van der Waals surface area contributed by atoms with Gasteiger partial charge in [-0.2, -0.15) is 0 Å². The van der Waals surface area contributed by atoms with Gasteiger partial charge < -0.3 is 10.2 Å². The molecule has 8 heteroatoms. The van der Waals surface area contributed by atoms with Crippen molar-refractivity contribution in [3.63, 3.8) is 0 Å². The third kappa shape index (κ3) is 9.80. The molecule has 0 fully saturated rings. The first-order chi connectivity index (χ1) is 13.8. The van der Waals surface area contributed by atoms with Crippen molar-refractivity contribution < 1.29 is 9.59 Å². The number of hydrogen-bond donors (Lipinski definition) is 2. The summed E-state index contributed by atoms with van der Waals surface area (Å²) in [5.74, 6) is -0.0263. The molecule has 1 amide bonds. The molecule has 0 heterocycles. The number of halogens is 2. The Balaban J connectivity index is 0.00000450. The molecular weight excluding hydrogens is 486 g/mol. The van der Waals surface area contributed by atoms with E-state index in [2.05, 4.69) is 31.5 Å². The van der Waals surface area contributed by atoms with Gasteiger partial charge in [-0.1, -0.05) is 34.1 Å². The summed E-state index contributed by atoms with van der Waals surface area (Å²) in [6, 6.07) is 14.6. The van der Waals surface area contributed by atoms with Crippen molar-refractivity contribution in [2.75, 3.05) is 26.0 Å². The van der Waals surface area contributed by atoms with Crippen LogP contribution in [-0.2, 0) is 11.2 Å². The van der Waals surface area contributed by atoms with Gasteiger partial charge in [0.15, 0.2) is 5.11 Å². The van der Waals surface area contributed by atoms with Crippen LogP contribution in [0.15, 0.2) is 53.0 Å². The largest absolute Gasteiger partial charge is 0.332 e. The number of hydrogen-bond acceptors (Lipinski definition) is 4. The molecule has 162 valence electrons. The Morgan fingerprint density at radius 2 is 1.77 bits per heavy atom. The molecule has 2 aromatic rings. The van der Waals surface area contributed by atoms with E-state index in [4.69, 9.17) is 12.2 Å². The van der Waals surface area contributed by atoms with Crippen LogP contribution < -0.4 is 10.6 Å². The lowest BCUT2D eigenvalue weighted by molar-refractivity contribution is -0.118. The van der Waals surface area contributed by atoms with Crippen LogP contribution in [-0.4, -0.2) is 42.3 Å². The van der Waals surface area contributed by atoms with E-state index in [1.165, 1.54) is 0 Å². The second-order valence-corrected chi connectivity index (χ2v) is 8.42. The third-order valence-corrected chi connectivity index (χ3v) is 4.94. The molecule has 0 bridgehead atoms. The van der Waals surface area contributed by atoms with Gasteiger partial charge in [-0.3, -0.25) is 14.9 Å². The average molecular weight is 513 g/mol. The number of nitrogens with one attached hydrogen (secondary N) is 2. The number of amides is 1. The first-order valence-electron chi connectivity index (χ1n) is 9.47. The lowest BCUT2D eigenvalue weighted by Crippen LogP contribution is -2.34. The Labute approximate surface area is 198 Å². The van der Waals surface area contributed by atoms with Crippen molar-refractivity contribution >= 4 is 63.0 Å². The Kier molecular flexibility index (Phi) is 11.8. The number of unbranched alkanes of at least 4 members (excludes halogenated alkanes) is 1. The second kappa shape index (κ2) is 13.5. The van der Waals surface area contributed by atoms with Crippen LogP contribution in [0.25, 0.3) is 0 Å². The van der Waals surface area contributed by atoms with Crippen molar-refractivity contribution in [2.24, 2.45) is 0 Å². The summed E-state index contributed by atoms with van der Waals surface area (Å²) in [6.45, 7) is 1.01. The van der Waals surface area contributed by atoms with Gasteiger partial charge in [-0.25, -0.2) is 0 Å². The summed E-state index contributed by atoms with van der Waals surface area (Å²) >= 11 is 8.56. The summed E-state index contributed by atoms with van der Waals surface area (Å²) in [4.78, 5) is 26.4. The first-order valence-corrected chi connectivity index (χ1v) is 10.7. The monoisotopic (exact) mass is 511 g/mol. The Hall–Kier alpha value is -1.80. The molecule has 0 atom stereocenters. The average Bonchev–Trinajstić information content (AvgIpc) is 2.66. The fourth-order valence-corrected chi connectivity index (χ4v) is 3.35. The quantitative estimate of drug-likeness (QED) is 0.372. The number of rotatable bonds is 9. The van der Waals surface area contributed by atoms with Crippen LogP contribution in [0.3, 0.4) is 0 Å². The predicted octanol–water partition coefficient (Wildman–Crippen LogP) is 4.84. The van der Waals surface area contributed by atoms with E-state index in [1.807, 2.05) is 44.4 Å². The highest BCUT2D eigenvalue weighted by Crippen LogP contribution is 2.13. The van der Waals surface area contributed by atoms with E-state index in [-0.39, 0.29) is 29.2 Å². The molecule has 0 aliphatic rings. The second-order valence-electron chi connectivity index (χ2n) is 7.09. The number of thiocarbonyl (C=S) groups is 1. The van der Waals surface area contributed by atoms with E-state index in [0.717, 1.165) is 35.1 Å². The predicted molar refractivity (Wildman–Crippen MR) is 133 cm³/mol. The number of nitrogens with zero attached hydrogens (tertiary/aromatic N) is 1. The van der Waals surface area contributed by atoms with Gasteiger partial charge in [0.1, 0.15) is 5.78 Å². The Morgan fingerprint density at radius 3 is 2.40 bits per heavy atom. The molecule has 2 N–H and O–H groups in total. The summed E-state index contributed by atoms with van der Waals surface area (Å²) in [7, 11) is 4.07. The molecule has 0 aromatic heterocycles. The van der Waals surface area contributed by atoms with Crippen molar-refractivity contribution in [2.45, 2.75) is 25.7 Å². The zero-order valence-corrected chi connectivity index (χ0v) is 20.3. The number of carbonyl (C=O) groups excluding carboxylic acids is 2. The smallest absolute Gasteiger partial charge is 0.257 e. The molecular formula is C22H27BrClN3O2S. The lowest BCUT2D eigenvalue weighted by atomic mass is 10.0. The van der Waals surface area contributed by atoms with Gasteiger partial charge in [-0.15, -0.1) is 12.4 Å². The van der Waals surface area contributed by atoms with Crippen molar-refractivity contribution in [1.82, 2.24) is 10.2 Å². The maximum atomic E-state index is 12.2. The van der Waals surface area contributed by atoms with Gasteiger partial charge in [0.25, 0.3) is 5.91 Å². The zero-order valence-electron chi connectivity index (χ0n) is 17.1. The minimum atomic E-state index is -0.278. The fourth-order valence-electron chi connectivity index (χ4n) is 2.74. The molecule has 2 rings (SSSR count). The van der Waals surface area contributed by atoms with Gasteiger partial charge in [0.05, 0.1) is 0 Å². The van der Waals surface area contributed by atoms with Crippen LogP contribution in [0, 0.1) is 0 Å². The van der Waals surface area contributed by atoms with Crippen molar-refractivity contribution in [3.8, 4) is 0 Å². The van der Waals surface area contributed by atoms with E-state index >= 15 is 0 Å². The Morgan fingerprint density at radius 1 is 1.07 bits per heavy atom. The summed E-state index contributed by atoms with van der Waals surface area (Å²) in [6.07, 6.45) is 3.00. The van der Waals surface area contributed by atoms with Gasteiger partial charge in [0, 0.05) is 28.6 Å². The van der Waals surface area contributed by atoms with Crippen LogP contribution in [0.1, 0.15) is 35.2 Å². The highest BCUT2D eigenvalue weighted by atomic mass is 79.9. The SMILES string of the molecule is CN(C)CCCCC(=O)Cc1ccc(NC(=S)NC(=O)c2cccc(Br)c2)cc1.Cl. The minimum Gasteiger partial charge on any atom is -0.332 e. The van der Waals surface area contributed by atoms with Gasteiger partial charge in [0.2, 0.25) is 0 Å². The summed E-state index contributed by atoms with van der Waals surface area (Å²) in [5, 5.41) is 5.87. The topological polar surface area (TPSA) is 61.4 Å². The molecule has 0 saturated heterocycles. The van der Waals surface area contributed by atoms with Crippen LogP contribution in [0.2, 0.25) is 0 Å². The normalized spacial score (nSPS) is 10.3. The van der Waals surface area contributed by atoms with E-state index in [1.54, 1.807) is 18.2 Å². The molecule has 0 radical (unpaired) electrons. The fraction of sp³-hybridized carbons (Fsp3) is 0.318. The lowest BCUT2D eigenvalue weighted by Gasteiger charge is -2.10. The number of Topliss-reactive ketones (excluding diaryl/α,β-unsaturated/α-hetero) is 1. The standard InChI is InChI=1S/C22H26BrN3O2S.ClH/c1-26(2)13-4-3-8-20(27)14-16-9-11-19(12-10-16)24-22(29)25-21(28)17-6-5-7-18(23)15-17;/h5-7,9-12,15H,3-4,8,13-14H2,1-2H3,(H2,24,25,28,29);1H. The molecule has 0 saturated carbocycles. The van der Waals surface area contributed by atoms with Gasteiger partial charge in [-0.05, 0) is 81.6 Å². The van der Waals surface area contributed by atoms with Crippen LogP contribution in [0.5, 0.6) is 0 Å². The molecule has 5 nitrogen and oxygen atoms in total. The number of benzene rings is 2. The Bertz CT molecular complexity index is 860. The summed E-state index contributed by atoms with van der Waals surface area (Å²) < 4.78 is 0.826. The van der Waals surface area contributed by atoms with Crippen LogP contribution in [0.4, 0.5) is 5.69 Å². The summed E-state index contributed by atoms with van der Waals surface area (Å²) in [5.41, 5.74) is 2.24. The van der Waals surface area contributed by atoms with E-state index in [0.29, 0.717) is 18.4 Å². The molecule has 0 spiro atoms.